The van der Waals surface area contributed by atoms with Gasteiger partial charge in [0, 0.05) is 20.2 Å². The fraction of sp³-hybridized carbons (Fsp3) is 0.409. The molecule has 6 nitrogen and oxygen atoms in total. The van der Waals surface area contributed by atoms with Gasteiger partial charge >= 0.3 is 0 Å². The van der Waals surface area contributed by atoms with Crippen molar-refractivity contribution in [3.8, 4) is 11.5 Å². The average molecular weight is 513 g/mol. The van der Waals surface area contributed by atoms with Crippen LogP contribution in [0.3, 0.4) is 0 Å². The van der Waals surface area contributed by atoms with E-state index in [9.17, 15) is 0 Å². The number of guanidine groups is 1. The van der Waals surface area contributed by atoms with E-state index in [-0.39, 0.29) is 24.0 Å². The molecule has 7 heteroatoms. The van der Waals surface area contributed by atoms with Gasteiger partial charge in [-0.05, 0) is 42.7 Å². The standard InChI is InChI=1S/C22H31N3O3.HI/c1-23-22(25-15-17-28-21-12-10-20(26-2)11-13-21)24-14-6-7-16-27-18-19-8-4-3-5-9-19;/h3-5,8-13H,6-7,14-18H2,1-2H3,(H2,23,24,25);1H. The lowest BCUT2D eigenvalue weighted by Gasteiger charge is -2.12. The summed E-state index contributed by atoms with van der Waals surface area (Å²) < 4.78 is 16.5. The number of aliphatic imine (C=N–C) groups is 1. The van der Waals surface area contributed by atoms with Crippen LogP contribution in [0, 0.1) is 0 Å². The second-order valence-corrected chi connectivity index (χ2v) is 6.20. The summed E-state index contributed by atoms with van der Waals surface area (Å²) in [5, 5.41) is 6.55. The van der Waals surface area contributed by atoms with Crippen LogP contribution in [0.15, 0.2) is 59.6 Å². The predicted octanol–water partition coefficient (Wildman–Crippen LogP) is 3.85. The topological polar surface area (TPSA) is 64.1 Å². The molecule has 0 saturated heterocycles. The van der Waals surface area contributed by atoms with Gasteiger partial charge in [0.2, 0.25) is 0 Å². The van der Waals surface area contributed by atoms with Crippen LogP contribution in [0.4, 0.5) is 0 Å². The first-order valence-corrected chi connectivity index (χ1v) is 9.65. The van der Waals surface area contributed by atoms with E-state index in [1.807, 2.05) is 42.5 Å². The summed E-state index contributed by atoms with van der Waals surface area (Å²) in [5.74, 6) is 2.42. The van der Waals surface area contributed by atoms with E-state index in [1.54, 1.807) is 14.2 Å². The molecular weight excluding hydrogens is 481 g/mol. The zero-order valence-corrected chi connectivity index (χ0v) is 19.6. The van der Waals surface area contributed by atoms with Crippen LogP contribution in [-0.4, -0.2) is 46.4 Å². The van der Waals surface area contributed by atoms with Crippen LogP contribution >= 0.6 is 24.0 Å². The third-order valence-electron chi connectivity index (χ3n) is 4.07. The van der Waals surface area contributed by atoms with Crippen LogP contribution in [0.1, 0.15) is 18.4 Å². The molecule has 0 atom stereocenters. The number of ether oxygens (including phenoxy) is 3. The Labute approximate surface area is 191 Å². The third kappa shape index (κ3) is 10.9. The Morgan fingerprint density at radius 1 is 0.862 bits per heavy atom. The number of hydrogen-bond donors (Lipinski definition) is 2. The summed E-state index contributed by atoms with van der Waals surface area (Å²) in [6.07, 6.45) is 2.04. The molecule has 0 radical (unpaired) electrons. The Balaban J connectivity index is 0.00000420. The Bertz CT molecular complexity index is 681. The maximum atomic E-state index is 5.69. The molecule has 0 aliphatic carbocycles. The molecule has 0 unspecified atom stereocenters. The van der Waals surface area contributed by atoms with Crippen molar-refractivity contribution in [2.24, 2.45) is 4.99 Å². The van der Waals surface area contributed by atoms with Gasteiger partial charge in [-0.2, -0.15) is 0 Å². The third-order valence-corrected chi connectivity index (χ3v) is 4.07. The Morgan fingerprint density at radius 3 is 2.24 bits per heavy atom. The number of halogens is 1. The van der Waals surface area contributed by atoms with Gasteiger partial charge in [0.15, 0.2) is 5.96 Å². The van der Waals surface area contributed by atoms with E-state index >= 15 is 0 Å². The van der Waals surface area contributed by atoms with Gasteiger partial charge in [0.25, 0.3) is 0 Å². The Hall–Kier alpha value is -2.00. The molecule has 0 spiro atoms. The van der Waals surface area contributed by atoms with E-state index < -0.39 is 0 Å². The van der Waals surface area contributed by atoms with E-state index in [0.29, 0.717) is 19.8 Å². The lowest BCUT2D eigenvalue weighted by Crippen LogP contribution is -2.39. The van der Waals surface area contributed by atoms with Gasteiger partial charge in [-0.3, -0.25) is 4.99 Å². The fourth-order valence-corrected chi connectivity index (χ4v) is 2.53. The van der Waals surface area contributed by atoms with E-state index in [2.05, 4.69) is 27.8 Å². The van der Waals surface area contributed by atoms with Gasteiger partial charge < -0.3 is 24.8 Å². The SMILES string of the molecule is CN=C(NCCCCOCc1ccccc1)NCCOc1ccc(OC)cc1.I. The van der Waals surface area contributed by atoms with E-state index in [1.165, 1.54) is 5.56 Å². The smallest absolute Gasteiger partial charge is 0.191 e. The number of rotatable bonds is 12. The number of methoxy groups -OCH3 is 1. The van der Waals surface area contributed by atoms with Gasteiger partial charge in [0.1, 0.15) is 18.1 Å². The number of benzene rings is 2. The van der Waals surface area contributed by atoms with Crippen molar-refractivity contribution in [2.45, 2.75) is 19.4 Å². The highest BCUT2D eigenvalue weighted by atomic mass is 127. The van der Waals surface area contributed by atoms with Crippen molar-refractivity contribution < 1.29 is 14.2 Å². The monoisotopic (exact) mass is 513 g/mol. The quantitative estimate of drug-likeness (QED) is 0.195. The van der Waals surface area contributed by atoms with Crippen molar-refractivity contribution in [1.29, 1.82) is 0 Å². The lowest BCUT2D eigenvalue weighted by atomic mass is 10.2. The van der Waals surface area contributed by atoms with Crippen LogP contribution in [0.2, 0.25) is 0 Å². The molecular formula is C22H32IN3O3. The molecule has 0 amide bonds. The van der Waals surface area contributed by atoms with Gasteiger partial charge in [0.05, 0.1) is 20.3 Å². The zero-order chi connectivity index (χ0) is 19.9. The molecule has 0 heterocycles. The molecule has 0 fully saturated rings. The summed E-state index contributed by atoms with van der Waals surface area (Å²) >= 11 is 0. The maximum Gasteiger partial charge on any atom is 0.191 e. The van der Waals surface area contributed by atoms with Crippen molar-refractivity contribution >= 4 is 29.9 Å². The largest absolute Gasteiger partial charge is 0.497 e. The molecule has 160 valence electrons. The van der Waals surface area contributed by atoms with Crippen LogP contribution < -0.4 is 20.1 Å². The summed E-state index contributed by atoms with van der Waals surface area (Å²) in [7, 11) is 3.42. The summed E-state index contributed by atoms with van der Waals surface area (Å²) in [5.41, 5.74) is 1.21. The first-order chi connectivity index (χ1) is 13.8. The lowest BCUT2D eigenvalue weighted by molar-refractivity contribution is 0.117. The molecule has 0 aliphatic rings. The molecule has 2 aromatic carbocycles. The summed E-state index contributed by atoms with van der Waals surface area (Å²) in [6.45, 7) is 3.52. The maximum absolute atomic E-state index is 5.69. The molecule has 0 aromatic heterocycles. The van der Waals surface area contributed by atoms with E-state index in [4.69, 9.17) is 14.2 Å². The second kappa shape index (κ2) is 15.9. The normalized spacial score (nSPS) is 10.8. The number of nitrogens with zero attached hydrogens (tertiary/aromatic N) is 1. The summed E-state index contributed by atoms with van der Waals surface area (Å²) in [4.78, 5) is 4.22. The second-order valence-electron chi connectivity index (χ2n) is 6.20. The van der Waals surface area contributed by atoms with Crippen molar-refractivity contribution in [1.82, 2.24) is 10.6 Å². The van der Waals surface area contributed by atoms with Crippen molar-refractivity contribution in [3.05, 3.63) is 60.2 Å². The molecule has 29 heavy (non-hydrogen) atoms. The molecule has 0 aliphatic heterocycles. The highest BCUT2D eigenvalue weighted by molar-refractivity contribution is 14.0. The van der Waals surface area contributed by atoms with Gasteiger partial charge in [-0.1, -0.05) is 30.3 Å². The number of hydrogen-bond acceptors (Lipinski definition) is 4. The zero-order valence-electron chi connectivity index (χ0n) is 17.2. The molecule has 2 rings (SSSR count). The van der Waals surface area contributed by atoms with Gasteiger partial charge in [-0.25, -0.2) is 0 Å². The average Bonchev–Trinajstić information content (AvgIpc) is 2.75. The minimum atomic E-state index is 0. The molecule has 0 saturated carbocycles. The molecule has 0 bridgehead atoms. The van der Waals surface area contributed by atoms with Crippen molar-refractivity contribution in [3.63, 3.8) is 0 Å². The first-order valence-electron chi connectivity index (χ1n) is 9.65. The molecule has 2 N–H and O–H groups in total. The number of unbranched alkanes of at least 4 members (excludes halogenated alkanes) is 1. The molecule has 2 aromatic rings. The predicted molar refractivity (Wildman–Crippen MR) is 129 cm³/mol. The van der Waals surface area contributed by atoms with Crippen molar-refractivity contribution in [2.75, 3.05) is 40.5 Å². The van der Waals surface area contributed by atoms with E-state index in [0.717, 1.165) is 43.5 Å². The Morgan fingerprint density at radius 2 is 1.55 bits per heavy atom. The van der Waals surface area contributed by atoms with Crippen LogP contribution in [0.25, 0.3) is 0 Å². The first kappa shape index (κ1) is 25.0. The highest BCUT2D eigenvalue weighted by Crippen LogP contribution is 2.16. The van der Waals surface area contributed by atoms with Crippen LogP contribution in [0.5, 0.6) is 11.5 Å². The highest BCUT2D eigenvalue weighted by Gasteiger charge is 1.99. The fourth-order valence-electron chi connectivity index (χ4n) is 2.53. The van der Waals surface area contributed by atoms with Gasteiger partial charge in [-0.15, -0.1) is 24.0 Å². The Kier molecular flexibility index (Phi) is 13.7. The minimum Gasteiger partial charge on any atom is -0.497 e. The minimum absolute atomic E-state index is 0. The number of nitrogens with one attached hydrogen (secondary N) is 2. The summed E-state index contributed by atoms with van der Waals surface area (Å²) in [6, 6.07) is 17.8. The van der Waals surface area contributed by atoms with Crippen LogP contribution in [-0.2, 0) is 11.3 Å².